The standard InChI is InChI=1S/C20H25ClFN3O3S/c1-10-19(23-9-29-10)20(27)25-17-7-16(11-4-12(17)5-11)24-18(26)8-28-13-2-3-14(21)15(22)6-13/h2-3,6,10-12,16-17,19,23H,4-5,7-9H2,1H3,(H,24,26)(H,25,27). The van der Waals surface area contributed by atoms with Gasteiger partial charge in [-0.15, -0.1) is 11.8 Å². The van der Waals surface area contributed by atoms with Crippen LogP contribution in [0.15, 0.2) is 18.2 Å². The Hall–Kier alpha value is -1.51. The summed E-state index contributed by atoms with van der Waals surface area (Å²) in [6.07, 6.45) is 2.76. The zero-order valence-corrected chi connectivity index (χ0v) is 17.7. The molecule has 2 bridgehead atoms. The van der Waals surface area contributed by atoms with Gasteiger partial charge in [0.2, 0.25) is 5.91 Å². The molecule has 4 aliphatic rings. The highest BCUT2D eigenvalue weighted by molar-refractivity contribution is 8.00. The Balaban J connectivity index is 1.27. The molecule has 4 fully saturated rings. The largest absolute Gasteiger partial charge is 0.484 e. The first-order chi connectivity index (χ1) is 13.9. The van der Waals surface area contributed by atoms with Crippen molar-refractivity contribution in [1.29, 1.82) is 0 Å². The zero-order chi connectivity index (χ0) is 20.5. The summed E-state index contributed by atoms with van der Waals surface area (Å²) in [6.45, 7) is 1.87. The van der Waals surface area contributed by atoms with Crippen molar-refractivity contribution in [2.75, 3.05) is 12.5 Å². The normalized spacial score (nSPS) is 32.9. The number of thioether (sulfide) groups is 1. The van der Waals surface area contributed by atoms with Crippen LogP contribution in [-0.4, -0.2) is 47.7 Å². The van der Waals surface area contributed by atoms with E-state index >= 15 is 0 Å². The SMILES string of the molecule is CC1SCNC1C(=O)NC1CC(NC(=O)COc2ccc(Cl)c(F)c2)C2CC1C2. The van der Waals surface area contributed by atoms with Gasteiger partial charge in [-0.25, -0.2) is 4.39 Å². The quantitative estimate of drug-likeness (QED) is 0.631. The highest BCUT2D eigenvalue weighted by Crippen LogP contribution is 2.45. The third-order valence-electron chi connectivity index (χ3n) is 6.19. The predicted octanol–water partition coefficient (Wildman–Crippen LogP) is 2.31. The molecule has 0 radical (unpaired) electrons. The molecule has 0 spiro atoms. The molecular weight excluding hydrogens is 417 g/mol. The van der Waals surface area contributed by atoms with Crippen LogP contribution in [0.2, 0.25) is 5.02 Å². The lowest BCUT2D eigenvalue weighted by atomic mass is 9.60. The monoisotopic (exact) mass is 441 g/mol. The Morgan fingerprint density at radius 1 is 1.24 bits per heavy atom. The molecule has 6 nitrogen and oxygen atoms in total. The number of benzene rings is 1. The van der Waals surface area contributed by atoms with Crippen molar-refractivity contribution in [3.05, 3.63) is 29.0 Å². The summed E-state index contributed by atoms with van der Waals surface area (Å²) < 4.78 is 18.8. The molecule has 3 aliphatic carbocycles. The summed E-state index contributed by atoms with van der Waals surface area (Å²) in [4.78, 5) is 24.9. The summed E-state index contributed by atoms with van der Waals surface area (Å²) in [7, 11) is 0. The second-order valence-electron chi connectivity index (χ2n) is 8.08. The number of nitrogens with one attached hydrogen (secondary N) is 3. The fraction of sp³-hybridized carbons (Fsp3) is 0.600. The predicted molar refractivity (Wildman–Crippen MR) is 110 cm³/mol. The molecule has 0 aromatic heterocycles. The number of halogens is 2. The maximum Gasteiger partial charge on any atom is 0.258 e. The van der Waals surface area contributed by atoms with Crippen LogP contribution in [-0.2, 0) is 9.59 Å². The number of carbonyl (C=O) groups excluding carboxylic acids is 2. The third-order valence-corrected chi connectivity index (χ3v) is 7.63. The Labute approximate surface area is 178 Å². The van der Waals surface area contributed by atoms with Gasteiger partial charge in [0.1, 0.15) is 11.6 Å². The second kappa shape index (κ2) is 8.70. The van der Waals surface area contributed by atoms with Crippen molar-refractivity contribution in [3.63, 3.8) is 0 Å². The van der Waals surface area contributed by atoms with Crippen molar-refractivity contribution in [3.8, 4) is 5.75 Å². The Kier molecular flexibility index (Phi) is 6.22. The molecule has 1 saturated heterocycles. The summed E-state index contributed by atoms with van der Waals surface area (Å²) in [5.74, 6) is 1.22. The fourth-order valence-corrected chi connectivity index (χ4v) is 5.52. The molecule has 29 heavy (non-hydrogen) atoms. The number of fused-ring (bicyclic) bond motifs is 2. The minimum absolute atomic E-state index is 0.0115. The first-order valence-corrected chi connectivity index (χ1v) is 11.4. The van der Waals surface area contributed by atoms with E-state index in [1.807, 2.05) is 0 Å². The molecule has 1 aromatic carbocycles. The fourth-order valence-electron chi connectivity index (χ4n) is 4.45. The van der Waals surface area contributed by atoms with Gasteiger partial charge in [0.25, 0.3) is 5.91 Å². The number of rotatable bonds is 6. The number of hydrogen-bond donors (Lipinski definition) is 3. The van der Waals surface area contributed by atoms with E-state index in [4.69, 9.17) is 16.3 Å². The van der Waals surface area contributed by atoms with E-state index in [1.165, 1.54) is 12.1 Å². The molecule has 3 saturated carbocycles. The minimum atomic E-state index is -0.583. The summed E-state index contributed by atoms with van der Waals surface area (Å²) in [5.41, 5.74) is 0. The third kappa shape index (κ3) is 4.64. The van der Waals surface area contributed by atoms with Crippen molar-refractivity contribution >= 4 is 35.2 Å². The first-order valence-electron chi connectivity index (χ1n) is 9.93. The van der Waals surface area contributed by atoms with Gasteiger partial charge in [0.05, 0.1) is 11.1 Å². The van der Waals surface area contributed by atoms with Crippen molar-refractivity contribution in [2.45, 2.75) is 49.6 Å². The van der Waals surface area contributed by atoms with Crippen LogP contribution >= 0.6 is 23.4 Å². The van der Waals surface area contributed by atoms with Gasteiger partial charge >= 0.3 is 0 Å². The van der Waals surface area contributed by atoms with E-state index in [-0.39, 0.29) is 52.6 Å². The summed E-state index contributed by atoms with van der Waals surface area (Å²) in [5, 5.41) is 9.74. The van der Waals surface area contributed by atoms with Crippen LogP contribution in [0.3, 0.4) is 0 Å². The lowest BCUT2D eigenvalue weighted by Crippen LogP contribution is -2.61. The molecule has 1 aliphatic heterocycles. The van der Waals surface area contributed by atoms with Gasteiger partial charge in [-0.2, -0.15) is 0 Å². The summed E-state index contributed by atoms with van der Waals surface area (Å²) in [6, 6.07) is 4.03. The Morgan fingerprint density at radius 3 is 2.62 bits per heavy atom. The van der Waals surface area contributed by atoms with Gasteiger partial charge in [-0.1, -0.05) is 18.5 Å². The van der Waals surface area contributed by atoms with Gasteiger partial charge in [0, 0.05) is 29.3 Å². The smallest absolute Gasteiger partial charge is 0.258 e. The highest BCUT2D eigenvalue weighted by atomic mass is 35.5. The molecule has 2 amide bonds. The number of hydrogen-bond acceptors (Lipinski definition) is 5. The van der Waals surface area contributed by atoms with Crippen molar-refractivity contribution in [2.24, 2.45) is 11.8 Å². The lowest BCUT2D eigenvalue weighted by Gasteiger charge is -2.51. The molecule has 4 atom stereocenters. The summed E-state index contributed by atoms with van der Waals surface area (Å²) >= 11 is 7.39. The van der Waals surface area contributed by atoms with Crippen LogP contribution < -0.4 is 20.7 Å². The van der Waals surface area contributed by atoms with Gasteiger partial charge < -0.3 is 15.4 Å². The Morgan fingerprint density at radius 2 is 1.97 bits per heavy atom. The van der Waals surface area contributed by atoms with Gasteiger partial charge in [-0.05, 0) is 43.2 Å². The van der Waals surface area contributed by atoms with Crippen molar-refractivity contribution < 1.29 is 18.7 Å². The molecule has 3 N–H and O–H groups in total. The molecule has 5 rings (SSSR count). The van der Waals surface area contributed by atoms with Crippen LogP contribution in [0.25, 0.3) is 0 Å². The second-order valence-corrected chi connectivity index (χ2v) is 9.85. The molecule has 1 heterocycles. The Bertz CT molecular complexity index is 792. The van der Waals surface area contributed by atoms with Crippen LogP contribution in [0, 0.1) is 17.7 Å². The van der Waals surface area contributed by atoms with Crippen LogP contribution in [0.1, 0.15) is 26.2 Å². The first kappa shape index (κ1) is 20.8. The van der Waals surface area contributed by atoms with E-state index in [2.05, 4.69) is 22.9 Å². The number of ether oxygens (including phenoxy) is 1. The van der Waals surface area contributed by atoms with E-state index in [1.54, 1.807) is 11.8 Å². The molecule has 9 heteroatoms. The topological polar surface area (TPSA) is 79.5 Å². The maximum absolute atomic E-state index is 13.5. The molecular formula is C20H25ClFN3O3S. The van der Waals surface area contributed by atoms with E-state index in [9.17, 15) is 14.0 Å². The number of carbonyl (C=O) groups is 2. The number of amides is 2. The maximum atomic E-state index is 13.5. The molecule has 158 valence electrons. The van der Waals surface area contributed by atoms with Crippen LogP contribution in [0.5, 0.6) is 5.75 Å². The molecule has 1 aromatic rings. The van der Waals surface area contributed by atoms with E-state index in [0.29, 0.717) is 11.8 Å². The van der Waals surface area contributed by atoms with Crippen LogP contribution in [0.4, 0.5) is 4.39 Å². The van der Waals surface area contributed by atoms with E-state index in [0.717, 1.165) is 31.2 Å². The van der Waals surface area contributed by atoms with E-state index < -0.39 is 5.82 Å². The average molecular weight is 442 g/mol. The molecule has 4 unspecified atom stereocenters. The van der Waals surface area contributed by atoms with Gasteiger partial charge in [0.15, 0.2) is 6.61 Å². The van der Waals surface area contributed by atoms with Gasteiger partial charge in [-0.3, -0.25) is 14.9 Å². The minimum Gasteiger partial charge on any atom is -0.484 e. The average Bonchev–Trinajstić information content (AvgIpc) is 3.07. The van der Waals surface area contributed by atoms with Crippen molar-refractivity contribution in [1.82, 2.24) is 16.0 Å². The lowest BCUT2D eigenvalue weighted by molar-refractivity contribution is -0.127. The zero-order valence-electron chi connectivity index (χ0n) is 16.1. The highest BCUT2D eigenvalue weighted by Gasteiger charge is 2.47.